The normalized spacial score (nSPS) is 14.7. The van der Waals surface area contributed by atoms with E-state index in [0.29, 0.717) is 10.6 Å². The summed E-state index contributed by atoms with van der Waals surface area (Å²) in [5.41, 5.74) is 15.7. The van der Waals surface area contributed by atoms with Crippen molar-refractivity contribution in [3.63, 3.8) is 0 Å². The van der Waals surface area contributed by atoms with Crippen LogP contribution >= 0.6 is 11.6 Å². The Bertz CT molecular complexity index is 3310. The number of halogens is 2. The Morgan fingerprint density at radius 2 is 1.02 bits per heavy atom. The Morgan fingerprint density at radius 1 is 0.424 bits per heavy atom. The van der Waals surface area contributed by atoms with Crippen LogP contribution in [0.25, 0.3) is 60.9 Å². The van der Waals surface area contributed by atoms with Gasteiger partial charge in [0.2, 0.25) is 0 Å². The van der Waals surface area contributed by atoms with E-state index < -0.39 is 5.41 Å². The molecule has 0 saturated heterocycles. The van der Waals surface area contributed by atoms with Crippen LogP contribution in [0.15, 0.2) is 206 Å². The first-order valence-electron chi connectivity index (χ1n) is 20.0. The molecule has 0 fully saturated rings. The van der Waals surface area contributed by atoms with Crippen LogP contribution in [-0.4, -0.2) is 4.57 Å². The highest BCUT2D eigenvalue weighted by molar-refractivity contribution is 6.33. The van der Waals surface area contributed by atoms with E-state index in [-0.39, 0.29) is 5.82 Å². The molecule has 0 saturated carbocycles. The standard InChI is InChI=1S/C55H34ClFN2/c56-48-27-13-9-20-38(48)40-31-32-47-53(42-23-8-12-25-45(42)55(47)44-24-11-7-22-41(44)52-46(55)26-15-28-49(52)57)54(40)58(35-16-3-1-4-17-35)37-30-33-51-43(34-37)39-21-10-14-29-50(39)59(51)36-18-5-2-6-19-36/h1-34H. The molecule has 278 valence electrons. The third-order valence-electron chi connectivity index (χ3n) is 12.5. The van der Waals surface area contributed by atoms with E-state index in [4.69, 9.17) is 11.6 Å². The molecule has 1 atom stereocenters. The SMILES string of the molecule is Fc1cccc2c1-c1ccccc1C21c2ccccc2-c2c1ccc(-c1ccccc1Cl)c2N(c1ccccc1)c1ccc2c(c1)c1ccccc1n2-c1ccccc1. The quantitative estimate of drug-likeness (QED) is 0.169. The van der Waals surface area contributed by atoms with Crippen molar-refractivity contribution in [2.24, 2.45) is 0 Å². The molecule has 1 aromatic heterocycles. The van der Waals surface area contributed by atoms with Gasteiger partial charge >= 0.3 is 0 Å². The Balaban J connectivity index is 1.23. The van der Waals surface area contributed by atoms with Crippen LogP contribution in [0.2, 0.25) is 5.02 Å². The largest absolute Gasteiger partial charge is 0.309 e. The van der Waals surface area contributed by atoms with Gasteiger partial charge in [-0.05, 0) is 94.0 Å². The van der Waals surface area contributed by atoms with Gasteiger partial charge < -0.3 is 9.47 Å². The lowest BCUT2D eigenvalue weighted by atomic mass is 9.70. The third kappa shape index (κ3) is 4.68. The Hall–Kier alpha value is -7.20. The zero-order valence-corrected chi connectivity index (χ0v) is 32.5. The number of nitrogens with zero attached hydrogens (tertiary/aromatic N) is 2. The predicted octanol–water partition coefficient (Wildman–Crippen LogP) is 15.1. The van der Waals surface area contributed by atoms with E-state index in [9.17, 15) is 0 Å². The van der Waals surface area contributed by atoms with E-state index in [0.717, 1.165) is 89.2 Å². The Labute approximate surface area is 346 Å². The third-order valence-corrected chi connectivity index (χ3v) is 12.9. The van der Waals surface area contributed by atoms with Crippen molar-refractivity contribution in [1.29, 1.82) is 0 Å². The Morgan fingerprint density at radius 3 is 1.78 bits per heavy atom. The molecule has 1 unspecified atom stereocenters. The zero-order chi connectivity index (χ0) is 39.2. The summed E-state index contributed by atoms with van der Waals surface area (Å²) < 4.78 is 18.6. The van der Waals surface area contributed by atoms with E-state index in [1.807, 2.05) is 24.3 Å². The summed E-state index contributed by atoms with van der Waals surface area (Å²) in [6, 6.07) is 72.0. The number of anilines is 3. The minimum atomic E-state index is -0.747. The van der Waals surface area contributed by atoms with E-state index in [1.54, 1.807) is 6.07 Å². The second kappa shape index (κ2) is 12.9. The molecule has 12 rings (SSSR count). The van der Waals surface area contributed by atoms with Gasteiger partial charge in [0.15, 0.2) is 0 Å². The van der Waals surface area contributed by atoms with Crippen LogP contribution in [0.5, 0.6) is 0 Å². The molecule has 0 N–H and O–H groups in total. The van der Waals surface area contributed by atoms with Gasteiger partial charge in [-0.2, -0.15) is 0 Å². The average molecular weight is 777 g/mol. The fourth-order valence-corrected chi connectivity index (χ4v) is 10.5. The van der Waals surface area contributed by atoms with E-state index in [2.05, 4.69) is 185 Å². The number of rotatable bonds is 5. The Kier molecular flexibility index (Phi) is 7.41. The molecule has 4 heteroatoms. The monoisotopic (exact) mass is 776 g/mol. The van der Waals surface area contributed by atoms with Gasteiger partial charge in [0.1, 0.15) is 5.82 Å². The minimum absolute atomic E-state index is 0.209. The first-order chi connectivity index (χ1) is 29.1. The van der Waals surface area contributed by atoms with Crippen molar-refractivity contribution < 1.29 is 4.39 Å². The van der Waals surface area contributed by atoms with Crippen LogP contribution in [0, 0.1) is 5.82 Å². The van der Waals surface area contributed by atoms with E-state index in [1.165, 1.54) is 5.39 Å². The lowest BCUT2D eigenvalue weighted by molar-refractivity contribution is 0.629. The summed E-state index contributed by atoms with van der Waals surface area (Å²) >= 11 is 7.19. The average Bonchev–Trinajstić information content (AvgIpc) is 3.90. The predicted molar refractivity (Wildman–Crippen MR) is 242 cm³/mol. The molecular weight excluding hydrogens is 743 g/mol. The molecule has 0 aliphatic heterocycles. The van der Waals surface area contributed by atoms with Crippen LogP contribution < -0.4 is 4.90 Å². The molecule has 0 amide bonds. The van der Waals surface area contributed by atoms with Crippen molar-refractivity contribution in [3.8, 4) is 39.1 Å². The zero-order valence-electron chi connectivity index (χ0n) is 31.8. The smallest absolute Gasteiger partial charge is 0.131 e. The van der Waals surface area contributed by atoms with Crippen molar-refractivity contribution in [2.45, 2.75) is 5.41 Å². The van der Waals surface area contributed by atoms with Crippen LogP contribution in [0.4, 0.5) is 21.5 Å². The number of benzene rings is 9. The number of fused-ring (bicyclic) bond motifs is 13. The molecule has 9 aromatic carbocycles. The lowest BCUT2D eigenvalue weighted by Crippen LogP contribution is -2.26. The fourth-order valence-electron chi connectivity index (χ4n) is 10.3. The fraction of sp³-hybridized carbons (Fsp3) is 0.0182. The van der Waals surface area contributed by atoms with Crippen LogP contribution in [0.1, 0.15) is 22.3 Å². The van der Waals surface area contributed by atoms with Gasteiger partial charge in [-0.3, -0.25) is 0 Å². The maximum absolute atomic E-state index is 16.3. The van der Waals surface area contributed by atoms with Crippen LogP contribution in [-0.2, 0) is 5.41 Å². The molecule has 1 heterocycles. The van der Waals surface area contributed by atoms with Crippen molar-refractivity contribution in [2.75, 3.05) is 4.90 Å². The maximum Gasteiger partial charge on any atom is 0.131 e. The lowest BCUT2D eigenvalue weighted by Gasteiger charge is -2.33. The summed E-state index contributed by atoms with van der Waals surface area (Å²) in [4.78, 5) is 2.41. The molecule has 0 bridgehead atoms. The minimum Gasteiger partial charge on any atom is -0.309 e. The number of hydrogen-bond donors (Lipinski definition) is 0. The molecule has 2 aliphatic carbocycles. The van der Waals surface area contributed by atoms with Crippen LogP contribution in [0.3, 0.4) is 0 Å². The molecule has 2 nitrogen and oxygen atoms in total. The van der Waals surface area contributed by atoms with Gasteiger partial charge in [0.05, 0.1) is 22.1 Å². The second-order valence-corrected chi connectivity index (χ2v) is 15.8. The summed E-state index contributed by atoms with van der Waals surface area (Å²) in [5, 5.41) is 3.00. The number of para-hydroxylation sites is 3. The van der Waals surface area contributed by atoms with Gasteiger partial charge in [-0.1, -0.05) is 157 Å². The molecule has 2 aliphatic rings. The van der Waals surface area contributed by atoms with Gasteiger partial charge in [0, 0.05) is 55.1 Å². The molecule has 0 radical (unpaired) electrons. The van der Waals surface area contributed by atoms with E-state index >= 15 is 4.39 Å². The van der Waals surface area contributed by atoms with Gasteiger partial charge in [0.25, 0.3) is 0 Å². The van der Waals surface area contributed by atoms with Gasteiger partial charge in [-0.25, -0.2) is 4.39 Å². The van der Waals surface area contributed by atoms with Crippen molar-refractivity contribution in [3.05, 3.63) is 239 Å². The summed E-state index contributed by atoms with van der Waals surface area (Å²) in [7, 11) is 0. The highest BCUT2D eigenvalue weighted by Gasteiger charge is 2.53. The number of aromatic nitrogens is 1. The number of hydrogen-bond acceptors (Lipinski definition) is 1. The summed E-state index contributed by atoms with van der Waals surface area (Å²) in [6.45, 7) is 0. The second-order valence-electron chi connectivity index (χ2n) is 15.4. The molecule has 10 aromatic rings. The van der Waals surface area contributed by atoms with Gasteiger partial charge in [-0.15, -0.1) is 0 Å². The summed E-state index contributed by atoms with van der Waals surface area (Å²) in [5.74, 6) is -0.209. The summed E-state index contributed by atoms with van der Waals surface area (Å²) in [6.07, 6.45) is 0. The molecular formula is C55H34ClFN2. The molecule has 59 heavy (non-hydrogen) atoms. The van der Waals surface area contributed by atoms with Crippen molar-refractivity contribution >= 4 is 50.5 Å². The highest BCUT2D eigenvalue weighted by atomic mass is 35.5. The highest BCUT2D eigenvalue weighted by Crippen LogP contribution is 2.66. The topological polar surface area (TPSA) is 8.17 Å². The molecule has 1 spiro atoms. The first kappa shape index (κ1) is 33.9. The maximum atomic E-state index is 16.3. The first-order valence-corrected chi connectivity index (χ1v) is 20.4. The van der Waals surface area contributed by atoms with Crippen molar-refractivity contribution in [1.82, 2.24) is 4.57 Å².